The van der Waals surface area contributed by atoms with Gasteiger partial charge in [0.2, 0.25) is 0 Å². The highest BCUT2D eigenvalue weighted by atomic mass is 16.5. The molecular weight excluding hydrogens is 412 g/mol. The number of carbonyl (C=O) groups excluding carboxylic acids is 4. The van der Waals surface area contributed by atoms with E-state index in [0.29, 0.717) is 36.9 Å². The van der Waals surface area contributed by atoms with Gasteiger partial charge in [-0.2, -0.15) is 0 Å². The van der Waals surface area contributed by atoms with E-state index in [1.54, 1.807) is 24.3 Å². The number of imide groups is 1. The Labute approximate surface area is 185 Å². The number of hydrogen-bond donors (Lipinski definition) is 1. The average molecular weight is 436 g/mol. The molecule has 0 saturated carbocycles. The largest absolute Gasteiger partial charge is 0.424 e. The van der Waals surface area contributed by atoms with E-state index in [2.05, 4.69) is 5.32 Å². The second-order valence-corrected chi connectivity index (χ2v) is 7.91. The van der Waals surface area contributed by atoms with Gasteiger partial charge < -0.3 is 14.8 Å². The third kappa shape index (κ3) is 4.55. The lowest BCUT2D eigenvalue weighted by Gasteiger charge is -2.23. The number of para-hydroxylation sites is 2. The predicted octanol–water partition coefficient (Wildman–Crippen LogP) is 3.28. The molecule has 1 fully saturated rings. The average Bonchev–Trinajstić information content (AvgIpc) is 3.03. The number of anilines is 1. The number of hydrogen-bond acceptors (Lipinski definition) is 6. The van der Waals surface area contributed by atoms with Crippen molar-refractivity contribution in [3.05, 3.63) is 59.2 Å². The van der Waals surface area contributed by atoms with Crippen molar-refractivity contribution in [3.63, 3.8) is 0 Å². The molecule has 2 aliphatic rings. The van der Waals surface area contributed by atoms with E-state index in [1.165, 1.54) is 30.0 Å². The summed E-state index contributed by atoms with van der Waals surface area (Å²) < 4.78 is 10.5. The molecule has 0 atom stereocenters. The minimum absolute atomic E-state index is 0.222. The second-order valence-electron chi connectivity index (χ2n) is 7.91. The first-order valence-corrected chi connectivity index (χ1v) is 10.6. The fourth-order valence-corrected chi connectivity index (χ4v) is 3.99. The zero-order chi connectivity index (χ0) is 22.7. The number of benzene rings is 2. The molecule has 32 heavy (non-hydrogen) atoms. The fourth-order valence-electron chi connectivity index (χ4n) is 3.99. The molecule has 0 unspecified atom stereocenters. The van der Waals surface area contributed by atoms with Crippen LogP contribution in [0.4, 0.5) is 5.69 Å². The number of fused-ring (bicyclic) bond motifs is 1. The van der Waals surface area contributed by atoms with Crippen LogP contribution < -0.4 is 10.1 Å². The Morgan fingerprint density at radius 1 is 1.06 bits per heavy atom. The molecule has 1 saturated heterocycles. The van der Waals surface area contributed by atoms with E-state index in [-0.39, 0.29) is 28.7 Å². The molecule has 166 valence electrons. The van der Waals surface area contributed by atoms with Gasteiger partial charge in [-0.05, 0) is 55.5 Å². The normalized spacial score (nSPS) is 16.1. The third-order valence-electron chi connectivity index (χ3n) is 5.72. The summed E-state index contributed by atoms with van der Waals surface area (Å²) in [5.74, 6) is -1.04. The Kier molecular flexibility index (Phi) is 6.32. The molecule has 0 aromatic heterocycles. The quantitative estimate of drug-likeness (QED) is 0.424. The van der Waals surface area contributed by atoms with E-state index >= 15 is 0 Å². The van der Waals surface area contributed by atoms with Crippen LogP contribution in [0.25, 0.3) is 0 Å². The summed E-state index contributed by atoms with van der Waals surface area (Å²) in [5.41, 5.74) is 1.09. The minimum Gasteiger partial charge on any atom is -0.424 e. The summed E-state index contributed by atoms with van der Waals surface area (Å²) in [6.07, 6.45) is 2.61. The highest BCUT2D eigenvalue weighted by Gasteiger charge is 2.36. The van der Waals surface area contributed by atoms with Gasteiger partial charge in [0.15, 0.2) is 5.75 Å². The Bertz CT molecular complexity index is 1070. The molecule has 0 bridgehead atoms. The van der Waals surface area contributed by atoms with Gasteiger partial charge in [-0.25, -0.2) is 0 Å². The maximum absolute atomic E-state index is 12.9. The van der Waals surface area contributed by atoms with Crippen molar-refractivity contribution in [3.8, 4) is 5.75 Å². The van der Waals surface area contributed by atoms with Gasteiger partial charge in [0.05, 0.1) is 16.8 Å². The molecule has 0 spiro atoms. The lowest BCUT2D eigenvalue weighted by Crippen LogP contribution is -2.32. The molecule has 2 aliphatic heterocycles. The molecule has 1 N–H and O–H groups in total. The molecule has 0 aliphatic carbocycles. The summed E-state index contributed by atoms with van der Waals surface area (Å²) in [6.45, 7) is 3.06. The van der Waals surface area contributed by atoms with Crippen LogP contribution >= 0.6 is 0 Å². The zero-order valence-electron chi connectivity index (χ0n) is 17.8. The van der Waals surface area contributed by atoms with Crippen LogP contribution in [0.1, 0.15) is 57.3 Å². The zero-order valence-corrected chi connectivity index (χ0v) is 17.8. The first-order chi connectivity index (χ1) is 15.4. The first kappa shape index (κ1) is 21.7. The van der Waals surface area contributed by atoms with Gasteiger partial charge in [-0.3, -0.25) is 24.1 Å². The maximum atomic E-state index is 12.9. The molecule has 0 radical (unpaired) electrons. The van der Waals surface area contributed by atoms with Crippen molar-refractivity contribution >= 4 is 29.4 Å². The minimum atomic E-state index is -0.505. The molecule has 4 rings (SSSR count). The SMILES string of the molecule is CC(=O)Oc1ccccc1NC(=O)c1ccc2c(c1)C(=O)N(CCC1CCOCC1)C2=O. The molecular formula is C24H24N2O6. The number of ether oxygens (including phenoxy) is 2. The van der Waals surface area contributed by atoms with Crippen molar-refractivity contribution in [2.24, 2.45) is 5.92 Å². The maximum Gasteiger partial charge on any atom is 0.308 e. The van der Waals surface area contributed by atoms with E-state index < -0.39 is 11.9 Å². The fraction of sp³-hybridized carbons (Fsp3) is 0.333. The number of carbonyl (C=O) groups is 4. The van der Waals surface area contributed by atoms with Crippen LogP contribution in [0.3, 0.4) is 0 Å². The van der Waals surface area contributed by atoms with Gasteiger partial charge in [-0.1, -0.05) is 12.1 Å². The molecule has 2 heterocycles. The van der Waals surface area contributed by atoms with Gasteiger partial charge in [0, 0.05) is 32.2 Å². The van der Waals surface area contributed by atoms with Gasteiger partial charge in [-0.15, -0.1) is 0 Å². The lowest BCUT2D eigenvalue weighted by atomic mass is 9.96. The number of rotatable bonds is 6. The van der Waals surface area contributed by atoms with Crippen molar-refractivity contribution in [1.29, 1.82) is 0 Å². The van der Waals surface area contributed by atoms with Crippen LogP contribution in [0, 0.1) is 5.92 Å². The molecule has 8 nitrogen and oxygen atoms in total. The molecule has 8 heteroatoms. The van der Waals surface area contributed by atoms with Crippen LogP contribution in [-0.2, 0) is 9.53 Å². The first-order valence-electron chi connectivity index (χ1n) is 10.6. The summed E-state index contributed by atoms with van der Waals surface area (Å²) in [4.78, 5) is 50.9. The van der Waals surface area contributed by atoms with Crippen LogP contribution in [-0.4, -0.2) is 48.3 Å². The Balaban J connectivity index is 1.47. The van der Waals surface area contributed by atoms with Crippen molar-refractivity contribution in [2.45, 2.75) is 26.2 Å². The van der Waals surface area contributed by atoms with Gasteiger partial charge >= 0.3 is 5.97 Å². The van der Waals surface area contributed by atoms with Crippen LogP contribution in [0.5, 0.6) is 5.75 Å². The Morgan fingerprint density at radius 2 is 1.78 bits per heavy atom. The number of amides is 3. The lowest BCUT2D eigenvalue weighted by molar-refractivity contribution is -0.131. The van der Waals surface area contributed by atoms with Crippen LogP contribution in [0.15, 0.2) is 42.5 Å². The van der Waals surface area contributed by atoms with E-state index in [9.17, 15) is 19.2 Å². The Morgan fingerprint density at radius 3 is 2.53 bits per heavy atom. The summed E-state index contributed by atoms with van der Waals surface area (Å²) in [6, 6.07) is 11.0. The highest BCUT2D eigenvalue weighted by molar-refractivity contribution is 6.22. The smallest absolute Gasteiger partial charge is 0.308 e. The summed E-state index contributed by atoms with van der Waals surface area (Å²) >= 11 is 0. The van der Waals surface area contributed by atoms with Crippen molar-refractivity contribution in [2.75, 3.05) is 25.1 Å². The standard InChI is InChI=1S/C24H24N2O6/c1-15(27)32-21-5-3-2-4-20(21)25-22(28)17-6-7-18-19(14-17)24(30)26(23(18)29)11-8-16-9-12-31-13-10-16/h2-7,14,16H,8-13H2,1H3,(H,25,28). The molecule has 2 aromatic carbocycles. The Hall–Kier alpha value is -3.52. The van der Waals surface area contributed by atoms with E-state index in [0.717, 1.165) is 19.3 Å². The van der Waals surface area contributed by atoms with Crippen molar-refractivity contribution in [1.82, 2.24) is 4.90 Å². The summed E-state index contributed by atoms with van der Waals surface area (Å²) in [7, 11) is 0. The second kappa shape index (κ2) is 9.32. The van der Waals surface area contributed by atoms with Crippen LogP contribution in [0.2, 0.25) is 0 Å². The van der Waals surface area contributed by atoms with E-state index in [1.807, 2.05) is 0 Å². The van der Waals surface area contributed by atoms with Gasteiger partial charge in [0.1, 0.15) is 0 Å². The monoisotopic (exact) mass is 436 g/mol. The molecule has 3 amide bonds. The van der Waals surface area contributed by atoms with Crippen molar-refractivity contribution < 1.29 is 28.7 Å². The predicted molar refractivity (Wildman–Crippen MR) is 116 cm³/mol. The molecule has 2 aromatic rings. The number of esters is 1. The number of nitrogens with one attached hydrogen (secondary N) is 1. The van der Waals surface area contributed by atoms with E-state index in [4.69, 9.17) is 9.47 Å². The number of nitrogens with zero attached hydrogens (tertiary/aromatic N) is 1. The highest BCUT2D eigenvalue weighted by Crippen LogP contribution is 2.28. The third-order valence-corrected chi connectivity index (χ3v) is 5.72. The summed E-state index contributed by atoms with van der Waals surface area (Å²) in [5, 5.41) is 2.69. The van der Waals surface area contributed by atoms with Gasteiger partial charge in [0.25, 0.3) is 17.7 Å². The topological polar surface area (TPSA) is 102 Å².